The molecule has 1 saturated carbocycles. The Morgan fingerprint density at radius 2 is 1.76 bits per heavy atom. The SMILES string of the molecule is O=C(Nc1cccc(Nc2ccc3c(/C=C/c4ccccc4)n[nH]c3c2)c1)[C@H]1CCC[C@H]1O. The number of aromatic nitrogens is 2. The molecule has 166 valence electrons. The van der Waals surface area contributed by atoms with E-state index in [2.05, 4.69) is 33.0 Å². The molecule has 0 aliphatic heterocycles. The van der Waals surface area contributed by atoms with Crippen molar-refractivity contribution in [2.75, 3.05) is 10.6 Å². The number of nitrogens with one attached hydrogen (secondary N) is 3. The quantitative estimate of drug-likeness (QED) is 0.316. The lowest BCUT2D eigenvalue weighted by molar-refractivity contribution is -0.122. The topological polar surface area (TPSA) is 90.0 Å². The Labute approximate surface area is 192 Å². The van der Waals surface area contributed by atoms with Crippen molar-refractivity contribution in [1.82, 2.24) is 10.2 Å². The van der Waals surface area contributed by atoms with E-state index in [0.29, 0.717) is 12.1 Å². The van der Waals surface area contributed by atoms with E-state index < -0.39 is 6.10 Å². The van der Waals surface area contributed by atoms with E-state index in [9.17, 15) is 9.90 Å². The summed E-state index contributed by atoms with van der Waals surface area (Å²) in [6, 6.07) is 23.8. The predicted molar refractivity (Wildman–Crippen MR) is 133 cm³/mol. The molecule has 1 aliphatic rings. The summed E-state index contributed by atoms with van der Waals surface area (Å²) < 4.78 is 0. The van der Waals surface area contributed by atoms with Gasteiger partial charge < -0.3 is 15.7 Å². The van der Waals surface area contributed by atoms with Crippen LogP contribution in [0.5, 0.6) is 0 Å². The highest BCUT2D eigenvalue weighted by Crippen LogP contribution is 2.28. The second-order valence-electron chi connectivity index (χ2n) is 8.41. The van der Waals surface area contributed by atoms with E-state index in [1.54, 1.807) is 0 Å². The highest BCUT2D eigenvalue weighted by atomic mass is 16.3. The summed E-state index contributed by atoms with van der Waals surface area (Å²) >= 11 is 0. The summed E-state index contributed by atoms with van der Waals surface area (Å²) in [5.74, 6) is -0.443. The first-order valence-corrected chi connectivity index (χ1v) is 11.2. The Bertz CT molecular complexity index is 1300. The van der Waals surface area contributed by atoms with Gasteiger partial charge in [-0.25, -0.2) is 0 Å². The number of carbonyl (C=O) groups is 1. The van der Waals surface area contributed by atoms with Crippen LogP contribution < -0.4 is 10.6 Å². The molecule has 1 fully saturated rings. The molecule has 0 spiro atoms. The first-order valence-electron chi connectivity index (χ1n) is 11.2. The number of aliphatic hydroxyl groups excluding tert-OH is 1. The smallest absolute Gasteiger partial charge is 0.230 e. The van der Waals surface area contributed by atoms with Crippen LogP contribution in [0.3, 0.4) is 0 Å². The lowest BCUT2D eigenvalue weighted by atomic mass is 10.1. The average Bonchev–Trinajstić information content (AvgIpc) is 3.44. The number of aliphatic hydroxyl groups is 1. The monoisotopic (exact) mass is 438 g/mol. The molecule has 5 rings (SSSR count). The van der Waals surface area contributed by atoms with Crippen molar-refractivity contribution in [2.24, 2.45) is 5.92 Å². The molecule has 0 bridgehead atoms. The van der Waals surface area contributed by atoms with Gasteiger partial charge in [0.2, 0.25) is 5.91 Å². The number of rotatable bonds is 6. The standard InChI is InChI=1S/C27H26N4O2/c32-26-11-5-10-23(26)27(33)29-20-9-4-8-19(16-20)28-21-13-14-22-24(30-31-25(22)17-21)15-12-18-6-2-1-3-7-18/h1-4,6-9,12-17,23,26,28,32H,5,10-11H2,(H,29,33)(H,30,31)/b15-12+/t23-,26+/m0/s1. The lowest BCUT2D eigenvalue weighted by Crippen LogP contribution is -2.28. The molecule has 4 aromatic rings. The molecule has 1 aromatic heterocycles. The van der Waals surface area contributed by atoms with Crippen molar-refractivity contribution in [2.45, 2.75) is 25.4 Å². The van der Waals surface area contributed by atoms with Gasteiger partial charge in [0.15, 0.2) is 0 Å². The van der Waals surface area contributed by atoms with Crippen molar-refractivity contribution in [3.05, 3.63) is 84.1 Å². The van der Waals surface area contributed by atoms with Gasteiger partial charge in [-0.1, -0.05) is 42.5 Å². The van der Waals surface area contributed by atoms with Gasteiger partial charge in [0.25, 0.3) is 0 Å². The van der Waals surface area contributed by atoms with Crippen LogP contribution >= 0.6 is 0 Å². The third-order valence-corrected chi connectivity index (χ3v) is 6.06. The summed E-state index contributed by atoms with van der Waals surface area (Å²) in [5.41, 5.74) is 5.44. The Kier molecular flexibility index (Phi) is 5.91. The molecule has 2 atom stereocenters. The molecule has 0 radical (unpaired) electrons. The van der Waals surface area contributed by atoms with Crippen LogP contribution in [0.25, 0.3) is 23.1 Å². The third-order valence-electron chi connectivity index (χ3n) is 6.06. The molecule has 4 N–H and O–H groups in total. The van der Waals surface area contributed by atoms with Gasteiger partial charge in [-0.2, -0.15) is 5.10 Å². The summed E-state index contributed by atoms with van der Waals surface area (Å²) in [5, 5.41) is 24.9. The van der Waals surface area contributed by atoms with E-state index in [1.165, 1.54) is 0 Å². The van der Waals surface area contributed by atoms with E-state index in [4.69, 9.17) is 0 Å². The van der Waals surface area contributed by atoms with Gasteiger partial charge in [-0.05, 0) is 67.3 Å². The fourth-order valence-corrected chi connectivity index (χ4v) is 4.31. The molecule has 3 aromatic carbocycles. The molecule has 0 saturated heterocycles. The number of benzene rings is 3. The Morgan fingerprint density at radius 1 is 0.939 bits per heavy atom. The first-order chi connectivity index (χ1) is 16.2. The molecule has 1 aliphatic carbocycles. The highest BCUT2D eigenvalue weighted by molar-refractivity contribution is 5.94. The summed E-state index contributed by atoms with van der Waals surface area (Å²) in [6.07, 6.45) is 5.83. The Morgan fingerprint density at radius 3 is 2.58 bits per heavy atom. The highest BCUT2D eigenvalue weighted by Gasteiger charge is 2.31. The van der Waals surface area contributed by atoms with E-state index in [0.717, 1.165) is 46.4 Å². The van der Waals surface area contributed by atoms with Crippen LogP contribution in [0.15, 0.2) is 72.8 Å². The van der Waals surface area contributed by atoms with Crippen LogP contribution in [-0.4, -0.2) is 27.3 Å². The van der Waals surface area contributed by atoms with E-state index in [-0.39, 0.29) is 11.8 Å². The minimum absolute atomic E-state index is 0.118. The third kappa shape index (κ3) is 4.81. The zero-order valence-electron chi connectivity index (χ0n) is 18.2. The van der Waals surface area contributed by atoms with E-state index in [1.807, 2.05) is 72.8 Å². The number of fused-ring (bicyclic) bond motifs is 1. The summed E-state index contributed by atoms with van der Waals surface area (Å²) in [7, 11) is 0. The average molecular weight is 439 g/mol. The minimum atomic E-state index is -0.542. The zero-order valence-corrected chi connectivity index (χ0v) is 18.2. The maximum atomic E-state index is 12.5. The second-order valence-corrected chi connectivity index (χ2v) is 8.41. The number of carbonyl (C=O) groups excluding carboxylic acids is 1. The molecular formula is C27H26N4O2. The van der Waals surface area contributed by atoms with Gasteiger partial charge in [-0.3, -0.25) is 9.89 Å². The van der Waals surface area contributed by atoms with Crippen molar-refractivity contribution in [3.8, 4) is 0 Å². The zero-order chi connectivity index (χ0) is 22.6. The minimum Gasteiger partial charge on any atom is -0.392 e. The predicted octanol–water partition coefficient (Wildman–Crippen LogP) is 5.58. The maximum absolute atomic E-state index is 12.5. The summed E-state index contributed by atoms with van der Waals surface area (Å²) in [4.78, 5) is 12.5. The fraction of sp³-hybridized carbons (Fsp3) is 0.185. The molecule has 1 heterocycles. The molecule has 1 amide bonds. The van der Waals surface area contributed by atoms with Crippen molar-refractivity contribution < 1.29 is 9.90 Å². The molecule has 6 heteroatoms. The van der Waals surface area contributed by atoms with Crippen molar-refractivity contribution in [3.63, 3.8) is 0 Å². The molecule has 33 heavy (non-hydrogen) atoms. The largest absolute Gasteiger partial charge is 0.392 e. The van der Waals surface area contributed by atoms with Gasteiger partial charge in [0, 0.05) is 22.4 Å². The first kappa shape index (κ1) is 21.0. The van der Waals surface area contributed by atoms with Gasteiger partial charge >= 0.3 is 0 Å². The van der Waals surface area contributed by atoms with Gasteiger partial charge in [-0.15, -0.1) is 0 Å². The number of hydrogen-bond donors (Lipinski definition) is 4. The molecule has 0 unspecified atom stereocenters. The Balaban J connectivity index is 1.29. The molecule has 6 nitrogen and oxygen atoms in total. The van der Waals surface area contributed by atoms with Crippen LogP contribution in [0.1, 0.15) is 30.5 Å². The maximum Gasteiger partial charge on any atom is 0.230 e. The van der Waals surface area contributed by atoms with Crippen LogP contribution in [0.4, 0.5) is 17.1 Å². The van der Waals surface area contributed by atoms with Gasteiger partial charge in [0.05, 0.1) is 23.2 Å². The number of amides is 1. The Hall–Kier alpha value is -3.90. The number of anilines is 3. The van der Waals surface area contributed by atoms with Crippen LogP contribution in [-0.2, 0) is 4.79 Å². The summed E-state index contributed by atoms with van der Waals surface area (Å²) in [6.45, 7) is 0. The number of aromatic amines is 1. The van der Waals surface area contributed by atoms with Crippen molar-refractivity contribution >= 4 is 46.0 Å². The van der Waals surface area contributed by atoms with E-state index >= 15 is 0 Å². The van der Waals surface area contributed by atoms with Crippen molar-refractivity contribution in [1.29, 1.82) is 0 Å². The lowest BCUT2D eigenvalue weighted by Gasteiger charge is -2.15. The normalized spacial score (nSPS) is 18.1. The number of hydrogen-bond acceptors (Lipinski definition) is 4. The second kappa shape index (κ2) is 9.30. The molecular weight excluding hydrogens is 412 g/mol. The number of nitrogens with zero attached hydrogens (tertiary/aromatic N) is 1. The van der Waals surface area contributed by atoms with Crippen LogP contribution in [0.2, 0.25) is 0 Å². The van der Waals surface area contributed by atoms with Crippen LogP contribution in [0, 0.1) is 5.92 Å². The fourth-order valence-electron chi connectivity index (χ4n) is 4.31. The number of H-pyrrole nitrogens is 1. The van der Waals surface area contributed by atoms with Gasteiger partial charge in [0.1, 0.15) is 0 Å².